The van der Waals surface area contributed by atoms with Gasteiger partial charge in [-0.15, -0.1) is 0 Å². The molecule has 0 saturated carbocycles. The van der Waals surface area contributed by atoms with Gasteiger partial charge >= 0.3 is 54.8 Å². The zero-order valence-electron chi connectivity index (χ0n) is 4.11. The molecule has 0 aliphatic rings. The third-order valence-electron chi connectivity index (χ3n) is 0.543. The van der Waals surface area contributed by atoms with E-state index in [2.05, 4.69) is 20.6 Å². The molecule has 10 heavy (non-hydrogen) atoms. The van der Waals surface area contributed by atoms with Crippen LogP contribution < -0.4 is 5.43 Å². The summed E-state index contributed by atoms with van der Waals surface area (Å²) < 4.78 is 0. The van der Waals surface area contributed by atoms with E-state index >= 15 is 0 Å². The van der Waals surface area contributed by atoms with E-state index in [-0.39, 0.29) is 54.8 Å². The van der Waals surface area contributed by atoms with E-state index in [0.29, 0.717) is 0 Å². The molecule has 0 spiro atoms. The monoisotopic (exact) mass is 270 g/mol. The minimum atomic E-state index is -0.762. The molecule has 0 radical (unpaired) electrons. The molecule has 2 N–H and O–H groups in total. The number of hydrogen-bond donors (Lipinski definition) is 2. The summed E-state index contributed by atoms with van der Waals surface area (Å²) in [6.45, 7) is 0. The quantitative estimate of drug-likeness (QED) is 0.361. The molecule has 0 unspecified atom stereocenters. The number of rotatable bonds is 2. The van der Waals surface area contributed by atoms with Gasteiger partial charge in [0.2, 0.25) is 0 Å². The molecular weight excluding hydrogens is 265 g/mol. The molecule has 0 amide bonds. The van der Waals surface area contributed by atoms with Gasteiger partial charge in [0.15, 0.2) is 5.03 Å². The average molecular weight is 269 g/mol. The summed E-state index contributed by atoms with van der Waals surface area (Å²) in [5.41, 5.74) is 1.72. The maximum atomic E-state index is 9.65. The summed E-state index contributed by atoms with van der Waals surface area (Å²) in [6, 6.07) is 0. The summed E-state index contributed by atoms with van der Waals surface area (Å²) in [7, 11) is 0. The Morgan fingerprint density at radius 2 is 2.40 bits per heavy atom. The fraction of sp³-hybridized carbons (Fsp3) is 0. The number of hydrogen-bond acceptors (Lipinski definition) is 5. The van der Waals surface area contributed by atoms with Crippen molar-refractivity contribution in [3.05, 3.63) is 10.1 Å². The molecule has 8 nitrogen and oxygen atoms in total. The van der Waals surface area contributed by atoms with Crippen LogP contribution >= 0.6 is 0 Å². The minimum absolute atomic E-state index is 0. The standard InChI is InChI=1S/CH2N6O2.Ba.2H/c8-7(9)4-1-2-5-6-3-1;;;/h(H2,2,3,4,5,6);;;. The molecule has 9 heteroatoms. The molecule has 0 bridgehead atoms. The predicted octanol–water partition coefficient (Wildman–Crippen LogP) is -2.11. The Morgan fingerprint density at radius 3 is 2.80 bits per heavy atom. The van der Waals surface area contributed by atoms with Gasteiger partial charge in [-0.3, -0.25) is 0 Å². The molecule has 52 valence electrons. The van der Waals surface area contributed by atoms with Gasteiger partial charge in [-0.1, -0.05) is 10.5 Å². The van der Waals surface area contributed by atoms with Gasteiger partial charge in [-0.2, -0.15) is 0 Å². The van der Waals surface area contributed by atoms with Crippen LogP contribution in [0.25, 0.3) is 0 Å². The van der Waals surface area contributed by atoms with Crippen molar-refractivity contribution in [2.75, 3.05) is 5.43 Å². The van der Waals surface area contributed by atoms with Gasteiger partial charge in [-0.05, 0) is 10.4 Å². The van der Waals surface area contributed by atoms with E-state index in [1.54, 1.807) is 5.43 Å². The van der Waals surface area contributed by atoms with Crippen LogP contribution in [-0.2, 0) is 0 Å². The number of aromatic amines is 1. The van der Waals surface area contributed by atoms with E-state index in [9.17, 15) is 10.1 Å². The molecule has 1 rings (SSSR count). The van der Waals surface area contributed by atoms with E-state index in [1.165, 1.54) is 0 Å². The number of tetrazole rings is 1. The first kappa shape index (κ1) is 9.84. The molecule has 0 aliphatic carbocycles. The Kier molecular flexibility index (Phi) is 4.55. The van der Waals surface area contributed by atoms with Crippen LogP contribution in [0.2, 0.25) is 0 Å². The zero-order chi connectivity index (χ0) is 6.69. The van der Waals surface area contributed by atoms with Crippen LogP contribution in [0.3, 0.4) is 0 Å². The Labute approximate surface area is 95.0 Å². The SMILES string of the molecule is O=[N+]([O-])Nc1nnn[nH]1.[BaH2]. The van der Waals surface area contributed by atoms with Crippen molar-refractivity contribution < 1.29 is 5.03 Å². The van der Waals surface area contributed by atoms with Crippen molar-refractivity contribution in [2.45, 2.75) is 0 Å². The Morgan fingerprint density at radius 1 is 1.70 bits per heavy atom. The molecule has 0 saturated heterocycles. The first-order chi connectivity index (χ1) is 4.29. The van der Waals surface area contributed by atoms with Crippen molar-refractivity contribution in [1.82, 2.24) is 20.6 Å². The summed E-state index contributed by atoms with van der Waals surface area (Å²) >= 11 is 0. The van der Waals surface area contributed by atoms with Crippen molar-refractivity contribution in [2.24, 2.45) is 0 Å². The molecule has 0 atom stereocenters. The van der Waals surface area contributed by atoms with E-state index in [4.69, 9.17) is 0 Å². The first-order valence-electron chi connectivity index (χ1n) is 1.94. The Hall–Kier alpha value is -0.159. The summed E-state index contributed by atoms with van der Waals surface area (Å²) in [5.74, 6) is -0.0833. The molecule has 1 aromatic rings. The van der Waals surface area contributed by atoms with Gasteiger partial charge in [0.25, 0.3) is 0 Å². The topological polar surface area (TPSA) is 110 Å². The van der Waals surface area contributed by atoms with Gasteiger partial charge in [0.1, 0.15) is 0 Å². The van der Waals surface area contributed by atoms with Crippen LogP contribution in [-0.4, -0.2) is 74.5 Å². The van der Waals surface area contributed by atoms with E-state index in [0.717, 1.165) is 0 Å². The van der Waals surface area contributed by atoms with Crippen molar-refractivity contribution in [1.29, 1.82) is 0 Å². The fourth-order valence-electron chi connectivity index (χ4n) is 0.293. The number of aromatic nitrogens is 4. The second kappa shape index (κ2) is 4.63. The number of nitrogens with zero attached hydrogens (tertiary/aromatic N) is 4. The molecule has 1 aromatic heterocycles. The van der Waals surface area contributed by atoms with Crippen molar-refractivity contribution >= 4 is 54.8 Å². The molecular formula is CH4BaN6O2. The number of nitro groups is 1. The normalized spacial score (nSPS) is 8.00. The molecule has 1 heterocycles. The second-order valence-electron chi connectivity index (χ2n) is 1.12. The van der Waals surface area contributed by atoms with Crippen LogP contribution in [0.1, 0.15) is 0 Å². The summed E-state index contributed by atoms with van der Waals surface area (Å²) in [6.07, 6.45) is 0. The van der Waals surface area contributed by atoms with Crippen LogP contribution in [0, 0.1) is 10.1 Å². The summed E-state index contributed by atoms with van der Waals surface area (Å²) in [5, 5.41) is 20.4. The molecule has 0 aliphatic heterocycles. The number of nitrogens with one attached hydrogen (secondary N) is 2. The predicted molar refractivity (Wildman–Crippen MR) is 33.3 cm³/mol. The fourth-order valence-corrected chi connectivity index (χ4v) is 0.293. The van der Waals surface area contributed by atoms with Gasteiger partial charge in [0.05, 0.1) is 0 Å². The van der Waals surface area contributed by atoms with Crippen LogP contribution in [0.15, 0.2) is 0 Å². The maximum absolute atomic E-state index is 9.65. The van der Waals surface area contributed by atoms with Gasteiger partial charge < -0.3 is 0 Å². The molecule has 0 aromatic carbocycles. The van der Waals surface area contributed by atoms with Crippen molar-refractivity contribution in [3.63, 3.8) is 0 Å². The third kappa shape index (κ3) is 3.12. The van der Waals surface area contributed by atoms with Crippen LogP contribution in [0.5, 0.6) is 0 Å². The van der Waals surface area contributed by atoms with Crippen molar-refractivity contribution in [3.8, 4) is 0 Å². The van der Waals surface area contributed by atoms with Crippen LogP contribution in [0.4, 0.5) is 5.95 Å². The third-order valence-corrected chi connectivity index (χ3v) is 0.543. The Balaban J connectivity index is 0.000000810. The zero-order valence-corrected chi connectivity index (χ0v) is 4.11. The molecule has 0 fully saturated rings. The average Bonchev–Trinajstić information content (AvgIpc) is 2.15. The van der Waals surface area contributed by atoms with E-state index in [1.807, 2.05) is 0 Å². The van der Waals surface area contributed by atoms with Gasteiger partial charge in [0, 0.05) is 0 Å². The van der Waals surface area contributed by atoms with E-state index < -0.39 is 5.03 Å². The number of anilines is 1. The number of hydrazine groups is 1. The summed E-state index contributed by atoms with van der Waals surface area (Å²) in [4.78, 5) is 9.65. The van der Waals surface area contributed by atoms with Gasteiger partial charge in [-0.25, -0.2) is 15.2 Å². The Bertz CT molecular complexity index is 196. The number of H-pyrrole nitrogens is 1. The second-order valence-corrected chi connectivity index (χ2v) is 1.12. The first-order valence-corrected chi connectivity index (χ1v) is 1.94.